The zero-order chi connectivity index (χ0) is 33.3. The summed E-state index contributed by atoms with van der Waals surface area (Å²) in [6.45, 7) is 4.73. The first-order valence-corrected chi connectivity index (χ1v) is 15.8. The Hall–Kier alpha value is -3.84. The number of halogens is 6. The van der Waals surface area contributed by atoms with Crippen molar-refractivity contribution in [1.29, 1.82) is 0 Å². The predicted molar refractivity (Wildman–Crippen MR) is 161 cm³/mol. The average molecular weight is 663 g/mol. The van der Waals surface area contributed by atoms with E-state index in [1.54, 1.807) is 6.07 Å². The van der Waals surface area contributed by atoms with Gasteiger partial charge in [-0.15, -0.1) is 0 Å². The summed E-state index contributed by atoms with van der Waals surface area (Å²) in [6, 6.07) is 12.1. The van der Waals surface area contributed by atoms with Gasteiger partial charge in [-0.1, -0.05) is 30.3 Å². The number of carbonyl (C=O) groups excluding carboxylic acids is 2. The summed E-state index contributed by atoms with van der Waals surface area (Å²) in [6.07, 6.45) is -4.73. The van der Waals surface area contributed by atoms with E-state index >= 15 is 0 Å². The summed E-state index contributed by atoms with van der Waals surface area (Å²) in [5.74, 6) is -0.869. The Balaban J connectivity index is 1.14. The van der Waals surface area contributed by atoms with Crippen molar-refractivity contribution in [3.05, 3.63) is 94.9 Å². The Labute approximate surface area is 268 Å². The molecular weight excluding hydrogens is 626 g/mol. The van der Waals surface area contributed by atoms with Crippen molar-refractivity contribution in [1.82, 2.24) is 19.6 Å². The highest BCUT2D eigenvalue weighted by Gasteiger charge is 2.41. The molecule has 252 valence electrons. The first-order chi connectivity index (χ1) is 22.4. The van der Waals surface area contributed by atoms with E-state index in [4.69, 9.17) is 4.42 Å². The number of piperazine rings is 1. The van der Waals surface area contributed by atoms with Gasteiger partial charge >= 0.3 is 12.4 Å². The van der Waals surface area contributed by atoms with Crippen LogP contribution in [0.3, 0.4) is 0 Å². The number of likely N-dealkylation sites (tertiary alicyclic amines) is 2. The highest BCUT2D eigenvalue weighted by Crippen LogP contribution is 2.37. The van der Waals surface area contributed by atoms with Crippen molar-refractivity contribution in [2.24, 2.45) is 0 Å². The summed E-state index contributed by atoms with van der Waals surface area (Å²) in [5, 5.41) is 0. The number of carbonyl (C=O) groups is 2. The smallest absolute Gasteiger partial charge is 0.416 e. The first kappa shape index (κ1) is 33.1. The molecule has 0 radical (unpaired) electrons. The maximum atomic E-state index is 13.7. The van der Waals surface area contributed by atoms with E-state index in [1.807, 2.05) is 35.2 Å². The first-order valence-electron chi connectivity index (χ1n) is 15.8. The van der Waals surface area contributed by atoms with Crippen LogP contribution in [-0.4, -0.2) is 95.4 Å². The third-order valence-electron chi connectivity index (χ3n) is 9.70. The summed E-state index contributed by atoms with van der Waals surface area (Å²) in [4.78, 5) is 34.6. The number of amides is 2. The Kier molecular flexibility index (Phi) is 9.39. The number of nitrogens with zero attached hydrogens (tertiary/aromatic N) is 4. The molecule has 13 heteroatoms. The highest BCUT2D eigenvalue weighted by atomic mass is 19.4. The van der Waals surface area contributed by atoms with Crippen molar-refractivity contribution in [3.8, 4) is 0 Å². The normalized spacial score (nSPS) is 23.3. The topological polar surface area (TPSA) is 60.2 Å². The second-order valence-electron chi connectivity index (χ2n) is 12.6. The van der Waals surface area contributed by atoms with E-state index in [9.17, 15) is 35.9 Å². The molecule has 0 bridgehead atoms. The molecule has 3 unspecified atom stereocenters. The molecule has 0 aliphatic carbocycles. The molecule has 0 saturated carbocycles. The minimum absolute atomic E-state index is 0.0367. The van der Waals surface area contributed by atoms with Crippen LogP contribution in [-0.2, 0) is 18.8 Å². The SMILES string of the molecule is O=C(c1ccoc1)N1CCC(N2CCN(C3CCN(C(=O)c4cc(C(F)(F)F)cc(C(F)(F)F)c4)C(Cc4ccccc4)C3)CC2)C1. The van der Waals surface area contributed by atoms with Gasteiger partial charge in [-0.2, -0.15) is 26.3 Å². The number of alkyl halides is 6. The highest BCUT2D eigenvalue weighted by molar-refractivity contribution is 5.95. The molecular formula is C34H36F6N4O3. The number of rotatable bonds is 6. The molecule has 0 spiro atoms. The Morgan fingerprint density at radius 1 is 0.723 bits per heavy atom. The maximum Gasteiger partial charge on any atom is 0.416 e. The number of benzene rings is 2. The van der Waals surface area contributed by atoms with Crippen molar-refractivity contribution in [2.45, 2.75) is 56.2 Å². The predicted octanol–water partition coefficient (Wildman–Crippen LogP) is 6.07. The van der Waals surface area contributed by atoms with Gasteiger partial charge in [0, 0.05) is 69.5 Å². The second kappa shape index (κ2) is 13.3. The zero-order valence-corrected chi connectivity index (χ0v) is 25.6. The molecule has 7 nitrogen and oxygen atoms in total. The van der Waals surface area contributed by atoms with Gasteiger partial charge in [-0.3, -0.25) is 19.4 Å². The molecule has 3 atom stereocenters. The van der Waals surface area contributed by atoms with Crippen molar-refractivity contribution in [2.75, 3.05) is 45.8 Å². The molecule has 1 aromatic heterocycles. The molecule has 6 rings (SSSR count). The van der Waals surface area contributed by atoms with E-state index in [2.05, 4.69) is 9.80 Å². The average Bonchev–Trinajstić information content (AvgIpc) is 3.77. The van der Waals surface area contributed by atoms with E-state index in [0.29, 0.717) is 50.0 Å². The molecule has 2 amide bonds. The largest absolute Gasteiger partial charge is 0.472 e. The van der Waals surface area contributed by atoms with Crippen molar-refractivity contribution in [3.63, 3.8) is 0 Å². The molecule has 47 heavy (non-hydrogen) atoms. The fraction of sp³-hybridized carbons (Fsp3) is 0.471. The molecule has 3 aliphatic heterocycles. The Morgan fingerprint density at radius 2 is 1.34 bits per heavy atom. The summed E-state index contributed by atoms with van der Waals surface area (Å²) >= 11 is 0. The van der Waals surface area contributed by atoms with Crippen molar-refractivity contribution >= 4 is 11.8 Å². The van der Waals surface area contributed by atoms with Gasteiger partial charge in [-0.05, 0) is 55.5 Å². The molecule has 2 aromatic carbocycles. The van der Waals surface area contributed by atoms with Crippen LogP contribution in [0.25, 0.3) is 0 Å². The van der Waals surface area contributed by atoms with E-state index in [0.717, 1.165) is 38.2 Å². The number of hydrogen-bond donors (Lipinski definition) is 0. The Bertz CT molecular complexity index is 1510. The summed E-state index contributed by atoms with van der Waals surface area (Å²) in [5.41, 5.74) is -2.15. The minimum atomic E-state index is -5.04. The van der Waals surface area contributed by atoms with E-state index in [1.165, 1.54) is 17.4 Å². The standard InChI is InChI=1S/C34H36F6N4O3/c35-33(36,37)26-17-25(18-27(19-26)34(38,39)40)32(46)44-10-7-28(20-30(44)16-23-4-2-1-3-5-23)41-11-13-42(14-12-41)29-6-9-43(21-29)31(45)24-8-15-47-22-24/h1-5,8,15,17-19,22,28-30H,6-7,9-14,16,20-21H2. The minimum Gasteiger partial charge on any atom is -0.472 e. The lowest BCUT2D eigenvalue weighted by molar-refractivity contribution is -0.143. The monoisotopic (exact) mass is 662 g/mol. The molecule has 3 aromatic rings. The van der Waals surface area contributed by atoms with Crippen LogP contribution in [0.1, 0.15) is 56.7 Å². The van der Waals surface area contributed by atoms with Crippen LogP contribution in [0, 0.1) is 0 Å². The maximum absolute atomic E-state index is 13.7. The number of hydrogen-bond acceptors (Lipinski definition) is 5. The quantitative estimate of drug-likeness (QED) is 0.301. The van der Waals surface area contributed by atoms with Gasteiger partial charge in [-0.25, -0.2) is 0 Å². The van der Waals surface area contributed by atoms with Gasteiger partial charge in [0.15, 0.2) is 0 Å². The van der Waals surface area contributed by atoms with Crippen LogP contribution in [0.15, 0.2) is 71.5 Å². The second-order valence-corrected chi connectivity index (χ2v) is 12.6. The van der Waals surface area contributed by atoms with Crippen molar-refractivity contribution < 1.29 is 40.3 Å². The van der Waals surface area contributed by atoms with Gasteiger partial charge in [0.2, 0.25) is 0 Å². The Morgan fingerprint density at radius 3 is 1.94 bits per heavy atom. The fourth-order valence-electron chi connectivity index (χ4n) is 7.21. The molecule has 0 N–H and O–H groups in total. The zero-order valence-electron chi connectivity index (χ0n) is 25.6. The fourth-order valence-corrected chi connectivity index (χ4v) is 7.21. The third-order valence-corrected chi connectivity index (χ3v) is 9.70. The lowest BCUT2D eigenvalue weighted by Crippen LogP contribution is -2.58. The van der Waals surface area contributed by atoms with E-state index < -0.39 is 41.0 Å². The van der Waals surface area contributed by atoms with Gasteiger partial charge in [0.25, 0.3) is 11.8 Å². The van der Waals surface area contributed by atoms with Crippen LogP contribution in [0.5, 0.6) is 0 Å². The molecule has 4 heterocycles. The lowest BCUT2D eigenvalue weighted by atomic mass is 9.90. The van der Waals surface area contributed by atoms with Gasteiger partial charge in [0.1, 0.15) is 6.26 Å². The van der Waals surface area contributed by atoms with Crippen LogP contribution < -0.4 is 0 Å². The van der Waals surface area contributed by atoms with Gasteiger partial charge < -0.3 is 14.2 Å². The number of furan rings is 1. The van der Waals surface area contributed by atoms with E-state index in [-0.39, 0.29) is 30.6 Å². The molecule has 3 saturated heterocycles. The summed E-state index contributed by atoms with van der Waals surface area (Å²) in [7, 11) is 0. The van der Waals surface area contributed by atoms with Crippen LogP contribution in [0.4, 0.5) is 26.3 Å². The molecule has 3 aliphatic rings. The van der Waals surface area contributed by atoms with Crippen LogP contribution >= 0.6 is 0 Å². The summed E-state index contributed by atoms with van der Waals surface area (Å²) < 4.78 is 86.5. The number of piperidine rings is 1. The third kappa shape index (κ3) is 7.51. The van der Waals surface area contributed by atoms with Gasteiger partial charge in [0.05, 0.1) is 23.0 Å². The lowest BCUT2D eigenvalue weighted by Gasteiger charge is -2.47. The van der Waals surface area contributed by atoms with Crippen LogP contribution in [0.2, 0.25) is 0 Å². The molecule has 3 fully saturated rings.